The summed E-state index contributed by atoms with van der Waals surface area (Å²) < 4.78 is 44.0. The van der Waals surface area contributed by atoms with Gasteiger partial charge in [0.25, 0.3) is 6.41 Å². The van der Waals surface area contributed by atoms with Gasteiger partial charge in [0.2, 0.25) is 0 Å². The highest BCUT2D eigenvalue weighted by Gasteiger charge is 2.30. The standard InChI is InChI=1S/C23H22ClF3N6O3/c1-28-22(35)36-19-6-5-13(8-16(19)24)15-11-30-33-20(15)17-9-18(32-31-17)21(34)29-10-12-3-2-4-14(7-12)23(25,26)27/h2-9,11,21-22,28-29,34-35H,10H2,1H3,(H,30,33)(H,31,32). The minimum atomic E-state index is -4.44. The highest BCUT2D eigenvalue weighted by atomic mass is 35.5. The van der Waals surface area contributed by atoms with Crippen molar-refractivity contribution < 1.29 is 28.1 Å². The van der Waals surface area contributed by atoms with Crippen LogP contribution >= 0.6 is 11.6 Å². The molecule has 4 rings (SSSR count). The fourth-order valence-corrected chi connectivity index (χ4v) is 3.66. The zero-order valence-corrected chi connectivity index (χ0v) is 19.5. The van der Waals surface area contributed by atoms with Gasteiger partial charge >= 0.3 is 6.18 Å². The molecule has 0 aliphatic rings. The highest BCUT2D eigenvalue weighted by Crippen LogP contribution is 2.35. The van der Waals surface area contributed by atoms with Crippen LogP contribution < -0.4 is 15.4 Å². The van der Waals surface area contributed by atoms with Gasteiger partial charge in [0, 0.05) is 12.1 Å². The van der Waals surface area contributed by atoms with Crippen LogP contribution in [0.1, 0.15) is 23.0 Å². The van der Waals surface area contributed by atoms with Gasteiger partial charge in [-0.15, -0.1) is 0 Å². The molecule has 13 heteroatoms. The van der Waals surface area contributed by atoms with Crippen LogP contribution in [-0.4, -0.2) is 44.1 Å². The SMILES string of the molecule is CNC(O)Oc1ccc(-c2cn[nH]c2-c2cc(C(O)NCc3cccc(C(F)(F)F)c3)[nH]n2)cc1Cl. The van der Waals surface area contributed by atoms with Crippen LogP contribution in [0.3, 0.4) is 0 Å². The number of H-pyrrole nitrogens is 2. The van der Waals surface area contributed by atoms with E-state index >= 15 is 0 Å². The lowest BCUT2D eigenvalue weighted by atomic mass is 10.0. The molecule has 0 aliphatic carbocycles. The molecular weight excluding hydrogens is 501 g/mol. The van der Waals surface area contributed by atoms with Gasteiger partial charge in [-0.25, -0.2) is 0 Å². The van der Waals surface area contributed by atoms with Crippen molar-refractivity contribution in [3.05, 3.63) is 76.6 Å². The Morgan fingerprint density at radius 1 is 1.11 bits per heavy atom. The van der Waals surface area contributed by atoms with E-state index in [-0.39, 0.29) is 17.3 Å². The van der Waals surface area contributed by atoms with E-state index in [0.29, 0.717) is 33.8 Å². The molecule has 4 aromatic rings. The molecule has 9 nitrogen and oxygen atoms in total. The first-order chi connectivity index (χ1) is 17.2. The van der Waals surface area contributed by atoms with E-state index in [0.717, 1.165) is 12.1 Å². The topological polar surface area (TPSA) is 131 Å². The Balaban J connectivity index is 1.47. The van der Waals surface area contributed by atoms with Gasteiger partial charge in [0.15, 0.2) is 0 Å². The van der Waals surface area contributed by atoms with Crippen LogP contribution in [0.4, 0.5) is 13.2 Å². The third kappa shape index (κ3) is 5.86. The fourth-order valence-electron chi connectivity index (χ4n) is 3.43. The van der Waals surface area contributed by atoms with Crippen LogP contribution in [0.25, 0.3) is 22.5 Å². The number of alkyl halides is 3. The van der Waals surface area contributed by atoms with Gasteiger partial charge in [-0.05, 0) is 42.4 Å². The summed E-state index contributed by atoms with van der Waals surface area (Å²) >= 11 is 6.29. The van der Waals surface area contributed by atoms with Crippen molar-refractivity contribution in [1.82, 2.24) is 31.0 Å². The number of hydrogen-bond donors (Lipinski definition) is 6. The maximum Gasteiger partial charge on any atom is 0.416 e. The van der Waals surface area contributed by atoms with Crippen molar-refractivity contribution in [2.45, 2.75) is 25.4 Å². The monoisotopic (exact) mass is 522 g/mol. The van der Waals surface area contributed by atoms with Gasteiger partial charge in [0.1, 0.15) is 17.7 Å². The molecule has 6 N–H and O–H groups in total. The normalized spacial score (nSPS) is 13.5. The third-order valence-electron chi connectivity index (χ3n) is 5.27. The lowest BCUT2D eigenvalue weighted by Crippen LogP contribution is -2.30. The van der Waals surface area contributed by atoms with Crippen molar-refractivity contribution >= 4 is 11.6 Å². The highest BCUT2D eigenvalue weighted by molar-refractivity contribution is 6.32. The van der Waals surface area contributed by atoms with Gasteiger partial charge in [-0.1, -0.05) is 35.9 Å². The van der Waals surface area contributed by atoms with Crippen LogP contribution in [-0.2, 0) is 12.7 Å². The molecule has 36 heavy (non-hydrogen) atoms. The predicted octanol–water partition coefficient (Wildman–Crippen LogP) is 3.79. The molecule has 0 bridgehead atoms. The molecule has 2 heterocycles. The zero-order valence-electron chi connectivity index (χ0n) is 18.8. The number of aromatic amines is 2. The number of ether oxygens (including phenoxy) is 1. The molecule has 0 aliphatic heterocycles. The summed E-state index contributed by atoms with van der Waals surface area (Å²) in [5.41, 5.74) is 2.27. The third-order valence-corrected chi connectivity index (χ3v) is 5.57. The second-order valence-electron chi connectivity index (χ2n) is 7.75. The Morgan fingerprint density at radius 2 is 1.92 bits per heavy atom. The minimum Gasteiger partial charge on any atom is -0.450 e. The number of benzene rings is 2. The second-order valence-corrected chi connectivity index (χ2v) is 8.16. The molecule has 2 aromatic heterocycles. The first-order valence-corrected chi connectivity index (χ1v) is 11.0. The molecule has 0 amide bonds. The van der Waals surface area contributed by atoms with Crippen molar-refractivity contribution in [3.8, 4) is 28.3 Å². The quantitative estimate of drug-likeness (QED) is 0.184. The van der Waals surface area contributed by atoms with Crippen molar-refractivity contribution in [2.24, 2.45) is 0 Å². The Bertz CT molecular complexity index is 1330. The number of aliphatic hydroxyl groups excluding tert-OH is 2. The summed E-state index contributed by atoms with van der Waals surface area (Å²) in [6, 6.07) is 11.4. The molecule has 0 spiro atoms. The molecule has 0 saturated heterocycles. The first kappa shape index (κ1) is 25.7. The van der Waals surface area contributed by atoms with E-state index in [9.17, 15) is 23.4 Å². The molecule has 0 saturated carbocycles. The summed E-state index contributed by atoms with van der Waals surface area (Å²) in [5.74, 6) is 0.282. The summed E-state index contributed by atoms with van der Waals surface area (Å²) in [4.78, 5) is 0. The molecule has 0 radical (unpaired) electrons. The first-order valence-electron chi connectivity index (χ1n) is 10.6. The zero-order chi connectivity index (χ0) is 25.9. The Hall–Kier alpha value is -3.42. The van der Waals surface area contributed by atoms with Gasteiger partial charge in [-0.3, -0.25) is 20.8 Å². The number of hydrogen-bond acceptors (Lipinski definition) is 7. The van der Waals surface area contributed by atoms with Gasteiger partial charge in [0.05, 0.1) is 28.2 Å². The Morgan fingerprint density at radius 3 is 2.64 bits per heavy atom. The smallest absolute Gasteiger partial charge is 0.416 e. The van der Waals surface area contributed by atoms with Crippen molar-refractivity contribution in [1.29, 1.82) is 0 Å². The van der Waals surface area contributed by atoms with E-state index in [1.807, 2.05) is 0 Å². The van der Waals surface area contributed by atoms with E-state index in [2.05, 4.69) is 31.0 Å². The minimum absolute atomic E-state index is 0.00388. The van der Waals surface area contributed by atoms with Gasteiger partial charge < -0.3 is 14.9 Å². The van der Waals surface area contributed by atoms with Crippen LogP contribution in [0.2, 0.25) is 5.02 Å². The average molecular weight is 523 g/mol. The van der Waals surface area contributed by atoms with Gasteiger partial charge in [-0.2, -0.15) is 23.4 Å². The lowest BCUT2D eigenvalue weighted by Gasteiger charge is -2.14. The van der Waals surface area contributed by atoms with E-state index in [4.69, 9.17) is 16.3 Å². The summed E-state index contributed by atoms with van der Waals surface area (Å²) in [7, 11) is 1.53. The van der Waals surface area contributed by atoms with Crippen LogP contribution in [0.15, 0.2) is 54.7 Å². The predicted molar refractivity (Wildman–Crippen MR) is 126 cm³/mol. The molecule has 2 aromatic carbocycles. The summed E-state index contributed by atoms with van der Waals surface area (Å²) in [6.45, 7) is 0.00388. The van der Waals surface area contributed by atoms with Crippen LogP contribution in [0.5, 0.6) is 5.75 Å². The molecular formula is C23H22ClF3N6O3. The van der Waals surface area contributed by atoms with Crippen molar-refractivity contribution in [3.63, 3.8) is 0 Å². The number of rotatable bonds is 9. The number of halogens is 4. The number of aliphatic hydroxyl groups is 2. The van der Waals surface area contributed by atoms with E-state index in [1.165, 1.54) is 19.2 Å². The molecule has 2 atom stereocenters. The van der Waals surface area contributed by atoms with E-state index < -0.39 is 24.4 Å². The maximum absolute atomic E-state index is 12.9. The average Bonchev–Trinajstić information content (AvgIpc) is 3.53. The summed E-state index contributed by atoms with van der Waals surface area (Å²) in [6.07, 6.45) is -5.29. The number of nitrogens with zero attached hydrogens (tertiary/aromatic N) is 2. The Labute approximate surface area is 208 Å². The largest absolute Gasteiger partial charge is 0.450 e. The lowest BCUT2D eigenvalue weighted by molar-refractivity contribution is -0.137. The van der Waals surface area contributed by atoms with E-state index in [1.54, 1.807) is 30.5 Å². The molecule has 190 valence electrons. The van der Waals surface area contributed by atoms with Crippen LogP contribution in [0, 0.1) is 0 Å². The number of aromatic nitrogens is 4. The second kappa shape index (κ2) is 10.7. The Kier molecular flexibility index (Phi) is 7.62. The maximum atomic E-state index is 12.9. The number of nitrogens with one attached hydrogen (secondary N) is 4. The molecule has 2 unspecified atom stereocenters. The van der Waals surface area contributed by atoms with Crippen molar-refractivity contribution in [2.75, 3.05) is 7.05 Å². The fraction of sp³-hybridized carbons (Fsp3) is 0.217. The molecule has 0 fully saturated rings. The summed E-state index contributed by atoms with van der Waals surface area (Å²) in [5, 5.41) is 39.5.